The molecule has 0 bridgehead atoms. The number of halogens is 4. The molecule has 4 aromatic carbocycles. The largest absolute Gasteiger partial charge is 0.374 e. The number of aliphatic hydroxyl groups is 2. The Morgan fingerprint density at radius 2 is 0.632 bits per heavy atom. The second kappa shape index (κ2) is 11.2. The fourth-order valence-electron chi connectivity index (χ4n) is 4.53. The summed E-state index contributed by atoms with van der Waals surface area (Å²) in [6.45, 7) is 0. The summed E-state index contributed by atoms with van der Waals surface area (Å²) in [6.07, 6.45) is 0. The maximum Gasteiger partial charge on any atom is 0.157 e. The first-order valence-electron chi connectivity index (χ1n) is 11.7. The van der Waals surface area contributed by atoms with E-state index in [-0.39, 0.29) is 0 Å². The summed E-state index contributed by atoms with van der Waals surface area (Å²) in [4.78, 5) is 4.97. The van der Waals surface area contributed by atoms with Crippen molar-refractivity contribution in [1.29, 1.82) is 0 Å². The fraction of sp³-hybridized carbons (Fsp3) is 0.0645. The lowest BCUT2D eigenvalue weighted by Gasteiger charge is -2.33. The highest BCUT2D eigenvalue weighted by atomic mass is 79.9. The zero-order valence-corrected chi connectivity index (χ0v) is 26.2. The van der Waals surface area contributed by atoms with Crippen LogP contribution in [0.2, 0.25) is 0 Å². The smallest absolute Gasteiger partial charge is 0.157 e. The molecule has 190 valence electrons. The Kier molecular flexibility index (Phi) is 8.06. The summed E-state index contributed by atoms with van der Waals surface area (Å²) < 4.78 is 3.61. The normalized spacial score (nSPS) is 11.9. The van der Waals surface area contributed by atoms with Gasteiger partial charge in [0.1, 0.15) is 0 Å². The number of pyridine rings is 1. The van der Waals surface area contributed by atoms with E-state index in [2.05, 4.69) is 63.7 Å². The SMILES string of the molecule is OC(c1ccc(Br)cc1)(c1ccc(Br)cc1)c1cccc(C(O)(c2ccc(Br)cc2)c2ccc(Br)cc2)n1. The Hall–Kier alpha value is -2.13. The minimum Gasteiger partial charge on any atom is -0.374 e. The average Bonchev–Trinajstić information content (AvgIpc) is 2.94. The number of hydrogen-bond donors (Lipinski definition) is 2. The van der Waals surface area contributed by atoms with Gasteiger partial charge in [-0.15, -0.1) is 0 Å². The summed E-state index contributed by atoms with van der Waals surface area (Å²) in [6, 6.07) is 35.5. The van der Waals surface area contributed by atoms with E-state index >= 15 is 0 Å². The first-order valence-corrected chi connectivity index (χ1v) is 14.9. The zero-order valence-electron chi connectivity index (χ0n) is 19.8. The van der Waals surface area contributed by atoms with Crippen LogP contribution in [0.5, 0.6) is 0 Å². The van der Waals surface area contributed by atoms with Crippen molar-refractivity contribution < 1.29 is 10.2 Å². The molecule has 1 heterocycles. The van der Waals surface area contributed by atoms with Gasteiger partial charge in [0.25, 0.3) is 0 Å². The standard InChI is InChI=1S/C31H21Br4NO2/c32-24-12-4-20(5-13-24)30(37,21-6-14-25(33)15-7-21)28-2-1-3-29(36-28)31(38,22-8-16-26(34)17-9-22)23-10-18-27(35)19-11-23/h1-19,37-38H. The Bertz CT molecular complexity index is 1350. The number of aromatic nitrogens is 1. The molecule has 2 N–H and O–H groups in total. The van der Waals surface area contributed by atoms with Gasteiger partial charge in [-0.3, -0.25) is 4.98 Å². The molecular weight excluding hydrogens is 738 g/mol. The summed E-state index contributed by atoms with van der Waals surface area (Å²) in [5.74, 6) is 0. The van der Waals surface area contributed by atoms with Gasteiger partial charge >= 0.3 is 0 Å². The van der Waals surface area contributed by atoms with Crippen LogP contribution in [0.25, 0.3) is 0 Å². The van der Waals surface area contributed by atoms with Crippen LogP contribution >= 0.6 is 63.7 Å². The molecule has 1 aromatic heterocycles. The van der Waals surface area contributed by atoms with Gasteiger partial charge in [-0.1, -0.05) is 118 Å². The number of benzene rings is 4. The highest BCUT2D eigenvalue weighted by Gasteiger charge is 2.39. The van der Waals surface area contributed by atoms with Crippen LogP contribution in [0, 0.1) is 0 Å². The van der Waals surface area contributed by atoms with Gasteiger partial charge in [0.2, 0.25) is 0 Å². The Morgan fingerprint density at radius 1 is 0.395 bits per heavy atom. The highest BCUT2D eigenvalue weighted by molar-refractivity contribution is 9.11. The van der Waals surface area contributed by atoms with Crippen LogP contribution in [-0.4, -0.2) is 15.2 Å². The summed E-state index contributed by atoms with van der Waals surface area (Å²) in [5, 5.41) is 24.8. The van der Waals surface area contributed by atoms with Gasteiger partial charge in [0.15, 0.2) is 11.2 Å². The molecule has 3 nitrogen and oxygen atoms in total. The fourth-order valence-corrected chi connectivity index (χ4v) is 5.58. The van der Waals surface area contributed by atoms with Crippen molar-refractivity contribution in [3.63, 3.8) is 0 Å². The second-order valence-electron chi connectivity index (χ2n) is 8.86. The molecule has 0 aliphatic rings. The lowest BCUT2D eigenvalue weighted by Crippen LogP contribution is -2.34. The van der Waals surface area contributed by atoms with Crippen molar-refractivity contribution in [3.05, 3.63) is 167 Å². The Labute approximate surface area is 255 Å². The summed E-state index contributed by atoms with van der Waals surface area (Å²) >= 11 is 14.0. The van der Waals surface area contributed by atoms with Gasteiger partial charge < -0.3 is 10.2 Å². The molecule has 0 saturated heterocycles. The van der Waals surface area contributed by atoms with E-state index in [9.17, 15) is 10.2 Å². The van der Waals surface area contributed by atoms with E-state index in [1.807, 2.05) is 103 Å². The molecule has 0 fully saturated rings. The molecule has 0 spiro atoms. The van der Waals surface area contributed by atoms with Crippen molar-refractivity contribution in [3.8, 4) is 0 Å². The monoisotopic (exact) mass is 755 g/mol. The third-order valence-corrected chi connectivity index (χ3v) is 8.65. The van der Waals surface area contributed by atoms with E-state index < -0.39 is 11.2 Å². The molecule has 0 radical (unpaired) electrons. The maximum atomic E-state index is 12.4. The molecule has 0 aliphatic carbocycles. The van der Waals surface area contributed by atoms with Crippen molar-refractivity contribution in [2.45, 2.75) is 11.2 Å². The van der Waals surface area contributed by atoms with Gasteiger partial charge in [-0.25, -0.2) is 0 Å². The van der Waals surface area contributed by atoms with Crippen molar-refractivity contribution in [2.24, 2.45) is 0 Å². The molecular formula is C31H21Br4NO2. The van der Waals surface area contributed by atoms with Crippen LogP contribution in [0.3, 0.4) is 0 Å². The van der Waals surface area contributed by atoms with Gasteiger partial charge in [-0.2, -0.15) is 0 Å². The maximum absolute atomic E-state index is 12.4. The topological polar surface area (TPSA) is 53.4 Å². The van der Waals surface area contributed by atoms with Crippen LogP contribution in [0.15, 0.2) is 133 Å². The highest BCUT2D eigenvalue weighted by Crippen LogP contribution is 2.40. The number of hydrogen-bond acceptors (Lipinski definition) is 3. The minimum absolute atomic E-state index is 0.396. The third-order valence-electron chi connectivity index (χ3n) is 6.54. The third kappa shape index (κ3) is 5.20. The van der Waals surface area contributed by atoms with Gasteiger partial charge in [0, 0.05) is 17.9 Å². The van der Waals surface area contributed by atoms with E-state index in [4.69, 9.17) is 4.98 Å². The molecule has 0 saturated carbocycles. The molecule has 5 rings (SSSR count). The molecule has 0 aliphatic heterocycles. The molecule has 7 heteroatoms. The molecule has 0 unspecified atom stereocenters. The number of nitrogens with zero attached hydrogens (tertiary/aromatic N) is 1. The lowest BCUT2D eigenvalue weighted by atomic mass is 9.81. The van der Waals surface area contributed by atoms with E-state index in [1.165, 1.54) is 0 Å². The Balaban J connectivity index is 1.75. The molecule has 0 atom stereocenters. The lowest BCUT2D eigenvalue weighted by molar-refractivity contribution is 0.109. The van der Waals surface area contributed by atoms with Crippen molar-refractivity contribution >= 4 is 63.7 Å². The Morgan fingerprint density at radius 3 is 0.868 bits per heavy atom. The van der Waals surface area contributed by atoms with E-state index in [0.717, 1.165) is 17.9 Å². The predicted molar refractivity (Wildman–Crippen MR) is 165 cm³/mol. The van der Waals surface area contributed by atoms with E-state index in [0.29, 0.717) is 33.6 Å². The quantitative estimate of drug-likeness (QED) is 0.182. The zero-order chi connectivity index (χ0) is 26.9. The first-order chi connectivity index (χ1) is 18.2. The second-order valence-corrected chi connectivity index (χ2v) is 12.5. The summed E-state index contributed by atoms with van der Waals surface area (Å²) in [5.41, 5.74) is 0.272. The first kappa shape index (κ1) is 27.4. The number of rotatable bonds is 6. The molecule has 5 aromatic rings. The van der Waals surface area contributed by atoms with Crippen LogP contribution in [0.4, 0.5) is 0 Å². The minimum atomic E-state index is -1.57. The van der Waals surface area contributed by atoms with Crippen molar-refractivity contribution in [1.82, 2.24) is 4.98 Å². The van der Waals surface area contributed by atoms with Crippen molar-refractivity contribution in [2.75, 3.05) is 0 Å². The van der Waals surface area contributed by atoms with Crippen LogP contribution in [0.1, 0.15) is 33.6 Å². The average molecular weight is 759 g/mol. The van der Waals surface area contributed by atoms with E-state index in [1.54, 1.807) is 12.1 Å². The van der Waals surface area contributed by atoms with Gasteiger partial charge in [0.05, 0.1) is 11.4 Å². The van der Waals surface area contributed by atoms with Gasteiger partial charge in [-0.05, 0) is 82.9 Å². The summed E-state index contributed by atoms with van der Waals surface area (Å²) in [7, 11) is 0. The van der Waals surface area contributed by atoms with Crippen LogP contribution in [-0.2, 0) is 11.2 Å². The molecule has 0 amide bonds. The van der Waals surface area contributed by atoms with Crippen LogP contribution < -0.4 is 0 Å². The molecule has 38 heavy (non-hydrogen) atoms. The predicted octanol–water partition coefficient (Wildman–Crippen LogP) is 8.70.